The highest BCUT2D eigenvalue weighted by molar-refractivity contribution is 6.17. The van der Waals surface area contributed by atoms with Crippen LogP contribution in [0, 0.1) is 6.92 Å². The summed E-state index contributed by atoms with van der Waals surface area (Å²) in [5.74, 6) is 1.94. The first-order valence-electron chi connectivity index (χ1n) is 11.5. The fourth-order valence-corrected chi connectivity index (χ4v) is 4.50. The lowest BCUT2D eigenvalue weighted by Crippen LogP contribution is -2.28. The predicted octanol–water partition coefficient (Wildman–Crippen LogP) is 5.40. The lowest BCUT2D eigenvalue weighted by atomic mass is 10.0. The average Bonchev–Trinajstić information content (AvgIpc) is 3.47. The summed E-state index contributed by atoms with van der Waals surface area (Å²) < 4.78 is 12.9. The van der Waals surface area contributed by atoms with E-state index in [0.717, 1.165) is 47.5 Å². The van der Waals surface area contributed by atoms with Gasteiger partial charge in [0.05, 0.1) is 38.0 Å². The van der Waals surface area contributed by atoms with Gasteiger partial charge in [-0.1, -0.05) is 12.1 Å². The molecule has 6 nitrogen and oxygen atoms in total. The molecule has 1 N–H and O–H groups in total. The van der Waals surface area contributed by atoms with Gasteiger partial charge in [-0.3, -0.25) is 4.79 Å². The van der Waals surface area contributed by atoms with E-state index in [-0.39, 0.29) is 11.9 Å². The predicted molar refractivity (Wildman–Crippen MR) is 135 cm³/mol. The Balaban J connectivity index is 1.58. The number of hydrogen-bond acceptors (Lipinski definition) is 4. The van der Waals surface area contributed by atoms with Crippen molar-refractivity contribution in [1.29, 1.82) is 0 Å². The van der Waals surface area contributed by atoms with Crippen LogP contribution in [-0.4, -0.2) is 35.6 Å². The number of nitrogens with zero attached hydrogens (tertiary/aromatic N) is 2. The van der Waals surface area contributed by atoms with Crippen molar-refractivity contribution in [3.63, 3.8) is 0 Å². The van der Waals surface area contributed by atoms with Crippen LogP contribution in [-0.2, 0) is 11.2 Å². The van der Waals surface area contributed by atoms with Gasteiger partial charge >= 0.3 is 0 Å². The molecule has 3 aromatic rings. The van der Waals surface area contributed by atoms with E-state index in [1.807, 2.05) is 54.1 Å². The van der Waals surface area contributed by atoms with Crippen molar-refractivity contribution in [2.45, 2.75) is 38.6 Å². The lowest BCUT2D eigenvalue weighted by molar-refractivity contribution is -0.118. The Bertz CT molecular complexity index is 1200. The summed E-state index contributed by atoms with van der Waals surface area (Å²) >= 11 is 5.96. The Hall–Kier alpha value is -3.25. The second kappa shape index (κ2) is 10.8. The van der Waals surface area contributed by atoms with Crippen LogP contribution in [0.25, 0.3) is 11.8 Å². The number of carbonyl (C=O) groups excluding carboxylic acids is 1. The summed E-state index contributed by atoms with van der Waals surface area (Å²) in [6.45, 7) is 1.95. The van der Waals surface area contributed by atoms with Crippen molar-refractivity contribution in [3.05, 3.63) is 76.9 Å². The number of methoxy groups -OCH3 is 2. The number of benzene rings is 2. The van der Waals surface area contributed by atoms with Gasteiger partial charge in [-0.2, -0.15) is 0 Å². The van der Waals surface area contributed by atoms with Crippen LogP contribution in [0.1, 0.15) is 47.7 Å². The first-order chi connectivity index (χ1) is 16.5. The molecule has 7 heteroatoms. The van der Waals surface area contributed by atoms with E-state index < -0.39 is 0 Å². The fraction of sp³-hybridized carbons (Fsp3) is 0.333. The monoisotopic (exact) mass is 479 g/mol. The number of alkyl halides is 1. The van der Waals surface area contributed by atoms with Crippen molar-refractivity contribution < 1.29 is 14.3 Å². The molecule has 178 valence electrons. The van der Waals surface area contributed by atoms with Gasteiger partial charge in [0.25, 0.3) is 0 Å². The largest absolute Gasteiger partial charge is 0.497 e. The summed E-state index contributed by atoms with van der Waals surface area (Å²) in [6, 6.07) is 11.9. The van der Waals surface area contributed by atoms with Gasteiger partial charge in [0.1, 0.15) is 11.5 Å². The quantitative estimate of drug-likeness (QED) is 0.329. The molecule has 0 aliphatic heterocycles. The molecule has 0 saturated heterocycles. The molecule has 0 radical (unpaired) electrons. The number of amides is 1. The first-order valence-corrected chi connectivity index (χ1v) is 12.0. The summed E-state index contributed by atoms with van der Waals surface area (Å²) in [6.07, 6.45) is 8.77. The summed E-state index contributed by atoms with van der Waals surface area (Å²) in [4.78, 5) is 17.6. The van der Waals surface area contributed by atoms with Crippen molar-refractivity contribution in [3.8, 4) is 17.2 Å². The molecule has 0 bridgehead atoms. The molecule has 1 aromatic heterocycles. The molecular formula is C27H30ClN3O3. The number of rotatable bonds is 9. The fourth-order valence-electron chi connectivity index (χ4n) is 4.37. The van der Waals surface area contributed by atoms with Gasteiger partial charge in [-0.15, -0.1) is 11.6 Å². The number of aromatic nitrogens is 2. The molecule has 34 heavy (non-hydrogen) atoms. The van der Waals surface area contributed by atoms with Gasteiger partial charge in [0.2, 0.25) is 5.91 Å². The minimum Gasteiger partial charge on any atom is -0.497 e. The zero-order chi connectivity index (χ0) is 24.1. The van der Waals surface area contributed by atoms with Crippen molar-refractivity contribution in [2.75, 3.05) is 20.1 Å². The SMILES string of the molecule is COc1ccc2c(c1)C(NC(=O)/C(=C/c1ccc(-n3cnc(C)c3)c(OC)c1)CCCCl)CC2. The second-order valence-corrected chi connectivity index (χ2v) is 8.82. The third-order valence-corrected chi connectivity index (χ3v) is 6.41. The molecule has 1 aliphatic carbocycles. The number of nitrogens with one attached hydrogen (secondary N) is 1. The highest BCUT2D eigenvalue weighted by Gasteiger charge is 2.25. The Morgan fingerprint density at radius 1 is 1.24 bits per heavy atom. The number of halogens is 1. The molecule has 1 heterocycles. The van der Waals surface area contributed by atoms with Crippen LogP contribution in [0.15, 0.2) is 54.5 Å². The highest BCUT2D eigenvalue weighted by atomic mass is 35.5. The Morgan fingerprint density at radius 2 is 2.09 bits per heavy atom. The number of aryl methyl sites for hydroxylation is 2. The van der Waals surface area contributed by atoms with Crippen LogP contribution >= 0.6 is 11.6 Å². The maximum atomic E-state index is 13.3. The normalized spacial score (nSPS) is 15.2. The van der Waals surface area contributed by atoms with Gasteiger partial charge in [-0.05, 0) is 79.6 Å². The molecule has 1 unspecified atom stereocenters. The zero-order valence-electron chi connectivity index (χ0n) is 19.8. The van der Waals surface area contributed by atoms with Gasteiger partial charge in [-0.25, -0.2) is 4.98 Å². The van der Waals surface area contributed by atoms with E-state index in [4.69, 9.17) is 21.1 Å². The van der Waals surface area contributed by atoms with E-state index >= 15 is 0 Å². The van der Waals surface area contributed by atoms with Crippen LogP contribution in [0.4, 0.5) is 0 Å². The third kappa shape index (κ3) is 5.28. The van der Waals surface area contributed by atoms with Crippen LogP contribution in [0.2, 0.25) is 0 Å². The number of carbonyl (C=O) groups is 1. The van der Waals surface area contributed by atoms with Crippen LogP contribution in [0.5, 0.6) is 11.5 Å². The van der Waals surface area contributed by atoms with E-state index in [1.54, 1.807) is 20.5 Å². The summed E-state index contributed by atoms with van der Waals surface area (Å²) in [7, 11) is 3.30. The number of imidazole rings is 1. The Morgan fingerprint density at radius 3 is 2.79 bits per heavy atom. The van der Waals surface area contributed by atoms with E-state index in [2.05, 4.69) is 16.4 Å². The lowest BCUT2D eigenvalue weighted by Gasteiger charge is -2.17. The molecule has 4 rings (SSSR count). The van der Waals surface area contributed by atoms with E-state index in [0.29, 0.717) is 23.6 Å². The number of fused-ring (bicyclic) bond motifs is 1. The van der Waals surface area contributed by atoms with Crippen molar-refractivity contribution in [2.24, 2.45) is 0 Å². The Labute approximate surface area is 205 Å². The summed E-state index contributed by atoms with van der Waals surface area (Å²) in [5, 5.41) is 3.23. The van der Waals surface area contributed by atoms with Crippen molar-refractivity contribution in [1.82, 2.24) is 14.9 Å². The topological polar surface area (TPSA) is 65.4 Å². The average molecular weight is 480 g/mol. The molecule has 0 saturated carbocycles. The first kappa shape index (κ1) is 23.9. The van der Waals surface area contributed by atoms with E-state index in [1.165, 1.54) is 5.56 Å². The Kier molecular flexibility index (Phi) is 7.58. The van der Waals surface area contributed by atoms with E-state index in [9.17, 15) is 4.79 Å². The van der Waals surface area contributed by atoms with Gasteiger partial charge < -0.3 is 19.4 Å². The smallest absolute Gasteiger partial charge is 0.247 e. The molecular weight excluding hydrogens is 450 g/mol. The zero-order valence-corrected chi connectivity index (χ0v) is 20.6. The maximum Gasteiger partial charge on any atom is 0.247 e. The minimum absolute atomic E-state index is 0.0293. The van der Waals surface area contributed by atoms with Gasteiger partial charge in [0, 0.05) is 17.6 Å². The second-order valence-electron chi connectivity index (χ2n) is 8.45. The van der Waals surface area contributed by atoms with Crippen LogP contribution < -0.4 is 14.8 Å². The molecule has 1 atom stereocenters. The number of hydrogen-bond donors (Lipinski definition) is 1. The molecule has 0 spiro atoms. The molecule has 1 amide bonds. The molecule has 0 fully saturated rings. The number of ether oxygens (including phenoxy) is 2. The molecule has 1 aliphatic rings. The molecule has 2 aromatic carbocycles. The third-order valence-electron chi connectivity index (χ3n) is 6.14. The highest BCUT2D eigenvalue weighted by Crippen LogP contribution is 2.34. The maximum absolute atomic E-state index is 13.3. The van der Waals surface area contributed by atoms with Crippen LogP contribution in [0.3, 0.4) is 0 Å². The standard InChI is InChI=1S/C27H30ClN3O3/c1-18-16-31(17-29-18)25-11-6-19(14-26(25)34-3)13-21(5-4-12-28)27(32)30-24-10-8-20-7-9-22(33-2)15-23(20)24/h6-7,9,11,13-17,24H,4-5,8,10,12H2,1-3H3,(H,30,32)/b21-13+. The van der Waals surface area contributed by atoms with Gasteiger partial charge in [0.15, 0.2) is 0 Å². The minimum atomic E-state index is -0.0703. The van der Waals surface area contributed by atoms with Crippen molar-refractivity contribution >= 4 is 23.6 Å². The summed E-state index contributed by atoms with van der Waals surface area (Å²) in [5.41, 5.74) is 5.80.